The fourth-order valence-corrected chi connectivity index (χ4v) is 5.34. The number of rotatable bonds is 9. The van der Waals surface area contributed by atoms with Gasteiger partial charge in [0.05, 0.1) is 18.8 Å². The minimum absolute atomic E-state index is 0.0259. The van der Waals surface area contributed by atoms with Gasteiger partial charge >= 0.3 is 12.3 Å². The lowest BCUT2D eigenvalue weighted by atomic mass is 10.00. The Morgan fingerprint density at radius 1 is 0.783 bits per heavy atom. The van der Waals surface area contributed by atoms with E-state index in [1.165, 1.54) is 24.1 Å². The first-order chi connectivity index (χ1) is 21.8. The molecule has 4 aromatic rings. The fraction of sp³-hybridized carbons (Fsp3) is 0.353. The molecule has 1 saturated heterocycles. The summed E-state index contributed by atoms with van der Waals surface area (Å²) < 4.78 is 144. The van der Waals surface area contributed by atoms with Gasteiger partial charge in [-0.25, -0.2) is 17.6 Å². The monoisotopic (exact) mass is 654 g/mol. The van der Waals surface area contributed by atoms with Gasteiger partial charge < -0.3 is 14.2 Å². The Bertz CT molecular complexity index is 1800. The Balaban J connectivity index is 1.36. The molecule has 244 valence electrons. The lowest BCUT2D eigenvalue weighted by Gasteiger charge is -2.30. The van der Waals surface area contributed by atoms with E-state index in [0.29, 0.717) is 24.8 Å². The molecule has 0 unspecified atom stereocenters. The molecule has 0 aromatic heterocycles. The van der Waals surface area contributed by atoms with Crippen molar-refractivity contribution in [2.45, 2.75) is 57.6 Å². The zero-order valence-corrected chi connectivity index (χ0v) is 24.3. The van der Waals surface area contributed by atoms with Gasteiger partial charge in [0.15, 0.2) is 6.29 Å². The smallest absolute Gasteiger partial charge is 0.429 e. The summed E-state index contributed by atoms with van der Waals surface area (Å²) in [6.45, 7) is 3.02. The van der Waals surface area contributed by atoms with Crippen LogP contribution in [0.1, 0.15) is 62.0 Å². The van der Waals surface area contributed by atoms with E-state index in [1.54, 1.807) is 0 Å². The summed E-state index contributed by atoms with van der Waals surface area (Å²) in [7, 11) is 0. The Hall–Kier alpha value is -3.95. The molecule has 0 amide bonds. The normalized spacial score (nSPS) is 17.3. The lowest BCUT2D eigenvalue weighted by molar-refractivity contribution is -0.206. The minimum Gasteiger partial charge on any atom is -0.429 e. The van der Waals surface area contributed by atoms with E-state index in [4.69, 9.17) is 9.47 Å². The van der Waals surface area contributed by atoms with Gasteiger partial charge in [0.1, 0.15) is 34.6 Å². The number of hydrogen-bond donors (Lipinski definition) is 0. The van der Waals surface area contributed by atoms with Crippen LogP contribution in [0.15, 0.2) is 48.5 Å². The first-order valence-corrected chi connectivity index (χ1v) is 14.5. The van der Waals surface area contributed by atoms with Crippen LogP contribution in [0, 0.1) is 41.0 Å². The van der Waals surface area contributed by atoms with Crippen molar-refractivity contribution < 1.29 is 53.7 Å². The zero-order valence-electron chi connectivity index (χ0n) is 24.3. The quantitative estimate of drug-likeness (QED) is 0.102. The maximum Gasteiger partial charge on any atom is 0.458 e. The van der Waals surface area contributed by atoms with Gasteiger partial charge in [-0.05, 0) is 53.6 Å². The van der Waals surface area contributed by atoms with E-state index < -0.39 is 64.1 Å². The topological polar surface area (TPSA) is 27.7 Å². The van der Waals surface area contributed by atoms with Crippen LogP contribution in [0.5, 0.6) is 5.75 Å². The van der Waals surface area contributed by atoms with Crippen LogP contribution in [0.25, 0.3) is 21.5 Å². The van der Waals surface area contributed by atoms with Gasteiger partial charge in [0.25, 0.3) is 0 Å². The number of benzene rings is 4. The molecule has 0 atom stereocenters. The molecule has 1 aliphatic rings. The molecule has 5 rings (SSSR count). The van der Waals surface area contributed by atoms with Crippen molar-refractivity contribution in [2.75, 3.05) is 13.2 Å². The maximum absolute atomic E-state index is 15.4. The highest BCUT2D eigenvalue weighted by atomic mass is 19.4. The molecule has 0 N–H and O–H groups in total. The molecule has 46 heavy (non-hydrogen) atoms. The minimum atomic E-state index is -5.01. The Morgan fingerprint density at radius 3 is 2.13 bits per heavy atom. The van der Waals surface area contributed by atoms with Gasteiger partial charge in [0, 0.05) is 28.2 Å². The molecule has 0 aliphatic carbocycles. The summed E-state index contributed by atoms with van der Waals surface area (Å²) in [4.78, 5) is 0. The molecule has 1 aliphatic heterocycles. The summed E-state index contributed by atoms with van der Waals surface area (Å²) in [6, 6.07) is 7.69. The van der Waals surface area contributed by atoms with E-state index in [9.17, 15) is 22.0 Å². The van der Waals surface area contributed by atoms with E-state index in [0.717, 1.165) is 62.3 Å². The van der Waals surface area contributed by atoms with Gasteiger partial charge in [-0.3, -0.25) is 0 Å². The number of halogens is 9. The van der Waals surface area contributed by atoms with Crippen LogP contribution in [0.4, 0.5) is 39.5 Å². The molecule has 4 aromatic carbocycles. The summed E-state index contributed by atoms with van der Waals surface area (Å²) in [6.07, 6.45) is -4.97. The van der Waals surface area contributed by atoms with Gasteiger partial charge in [-0.15, -0.1) is 0 Å². The van der Waals surface area contributed by atoms with E-state index in [2.05, 4.69) is 11.7 Å². The van der Waals surface area contributed by atoms with E-state index in [-0.39, 0.29) is 22.1 Å². The molecule has 0 bridgehead atoms. The Kier molecular flexibility index (Phi) is 9.75. The van der Waals surface area contributed by atoms with Crippen molar-refractivity contribution in [3.05, 3.63) is 88.5 Å². The molecule has 1 heterocycles. The first-order valence-electron chi connectivity index (χ1n) is 14.5. The van der Waals surface area contributed by atoms with Gasteiger partial charge in [-0.1, -0.05) is 50.7 Å². The highest BCUT2D eigenvalue weighted by Crippen LogP contribution is 2.40. The third kappa shape index (κ3) is 7.37. The molecule has 12 heteroatoms. The van der Waals surface area contributed by atoms with Gasteiger partial charge in [0.2, 0.25) is 0 Å². The zero-order chi connectivity index (χ0) is 33.2. The molecular weight excluding hydrogens is 627 g/mol. The lowest BCUT2D eigenvalue weighted by Crippen LogP contribution is -2.27. The SMILES string of the molecule is CCCCCCC1COC(c2ccc3c(F)c(C(F)(F)Oc4ccc5c(F)c(C#CC(F)(F)F)c(F)cc5c4)c(F)cc3c2)OC1. The summed E-state index contributed by atoms with van der Waals surface area (Å²) in [5.41, 5.74) is -2.41. The first kappa shape index (κ1) is 33.4. The highest BCUT2D eigenvalue weighted by Gasteiger charge is 2.42. The standard InChI is InChI=1S/C34H27F9O3/c1-2-3-4-5-6-19-17-44-32(45-18-19)20-7-9-25-21(13-20)16-28(36)29(31(25)38)34(42,43)46-23-8-10-24-22(14-23)15-27(35)26(30(24)37)11-12-33(39,40)41/h7-10,13-16,19,32H,2-6,17-18H2,1H3. The number of alkyl halides is 5. The van der Waals surface area contributed by atoms with Crippen LogP contribution < -0.4 is 4.74 Å². The molecular formula is C34H27F9O3. The van der Waals surface area contributed by atoms with Gasteiger partial charge in [-0.2, -0.15) is 22.0 Å². The van der Waals surface area contributed by atoms with Crippen LogP contribution in [-0.4, -0.2) is 19.4 Å². The average molecular weight is 655 g/mol. The molecule has 3 nitrogen and oxygen atoms in total. The van der Waals surface area contributed by atoms with Crippen molar-refractivity contribution in [3.63, 3.8) is 0 Å². The second-order valence-corrected chi connectivity index (χ2v) is 11.0. The van der Waals surface area contributed by atoms with Crippen molar-refractivity contribution >= 4 is 21.5 Å². The molecule has 0 spiro atoms. The predicted octanol–water partition coefficient (Wildman–Crippen LogP) is 10.2. The number of fused-ring (bicyclic) bond motifs is 2. The van der Waals surface area contributed by atoms with Crippen molar-refractivity contribution in [1.29, 1.82) is 0 Å². The Labute approximate surface area is 258 Å². The van der Waals surface area contributed by atoms with Crippen LogP contribution in [0.3, 0.4) is 0 Å². The fourth-order valence-electron chi connectivity index (χ4n) is 5.34. The van der Waals surface area contributed by atoms with Crippen molar-refractivity contribution in [2.24, 2.45) is 5.92 Å². The Morgan fingerprint density at radius 2 is 1.43 bits per heavy atom. The second kappa shape index (κ2) is 13.4. The van der Waals surface area contributed by atoms with Crippen LogP contribution >= 0.6 is 0 Å². The highest BCUT2D eigenvalue weighted by molar-refractivity contribution is 5.87. The molecule has 0 radical (unpaired) electrons. The molecule has 1 fully saturated rings. The molecule has 0 saturated carbocycles. The third-order valence-electron chi connectivity index (χ3n) is 7.62. The van der Waals surface area contributed by atoms with Crippen molar-refractivity contribution in [1.82, 2.24) is 0 Å². The van der Waals surface area contributed by atoms with Crippen LogP contribution in [0.2, 0.25) is 0 Å². The second-order valence-electron chi connectivity index (χ2n) is 11.0. The number of hydrogen-bond acceptors (Lipinski definition) is 3. The van der Waals surface area contributed by atoms with E-state index in [1.807, 2.05) is 0 Å². The largest absolute Gasteiger partial charge is 0.458 e. The average Bonchev–Trinajstić information content (AvgIpc) is 2.98. The number of unbranched alkanes of at least 4 members (excludes halogenated alkanes) is 3. The summed E-state index contributed by atoms with van der Waals surface area (Å²) in [5, 5.41) is -1.18. The van der Waals surface area contributed by atoms with Crippen molar-refractivity contribution in [3.8, 4) is 17.6 Å². The predicted molar refractivity (Wildman–Crippen MR) is 152 cm³/mol. The summed E-state index contributed by atoms with van der Waals surface area (Å²) >= 11 is 0. The summed E-state index contributed by atoms with van der Waals surface area (Å²) in [5.74, 6) is -4.51. The maximum atomic E-state index is 15.4. The van der Waals surface area contributed by atoms with Crippen LogP contribution in [-0.2, 0) is 15.6 Å². The van der Waals surface area contributed by atoms with E-state index >= 15 is 17.6 Å². The number of ether oxygens (including phenoxy) is 3. The third-order valence-corrected chi connectivity index (χ3v) is 7.62.